The minimum absolute atomic E-state index is 0.0155. The first kappa shape index (κ1) is 28.5. The number of fused-ring (bicyclic) bond motifs is 3. The standard InChI is InChI=1S/C47H51N/c1-45(2)41-7-4-3-6-40(41)44-42(45)8-5-9-43(44)48(38-14-10-36(11-15-38)46-24-30-18-31(25-46)20-32(19-30)26-46)39-16-12-37(13-17-39)47-27-33-21-34(28-47)23-35(22-33)29-47/h3-17,30-35H,18-29H2,1-2H3. The maximum atomic E-state index is 2.60. The van der Waals surface area contributed by atoms with Crippen molar-refractivity contribution in [3.05, 3.63) is 113 Å². The molecule has 48 heavy (non-hydrogen) atoms. The molecule has 0 aliphatic heterocycles. The van der Waals surface area contributed by atoms with Crippen LogP contribution in [0.4, 0.5) is 17.1 Å². The van der Waals surface area contributed by atoms with Crippen LogP contribution in [0.3, 0.4) is 0 Å². The lowest BCUT2D eigenvalue weighted by Gasteiger charge is -2.57. The number of nitrogens with zero attached hydrogens (tertiary/aromatic N) is 1. The molecule has 1 nitrogen and oxygen atoms in total. The number of rotatable bonds is 5. The highest BCUT2D eigenvalue weighted by Gasteiger charge is 2.53. The maximum Gasteiger partial charge on any atom is 0.0543 e. The summed E-state index contributed by atoms with van der Waals surface area (Å²) in [7, 11) is 0. The zero-order valence-electron chi connectivity index (χ0n) is 29.1. The van der Waals surface area contributed by atoms with E-state index in [0.717, 1.165) is 35.5 Å². The second-order valence-corrected chi connectivity index (χ2v) is 18.7. The molecule has 0 aromatic heterocycles. The number of anilines is 3. The lowest BCUT2D eigenvalue weighted by molar-refractivity contribution is -0.00529. The SMILES string of the molecule is CC1(C)c2ccccc2-c2c(N(c3ccc(C45CC6CC(CC(C6)C4)C5)cc3)c3ccc(C45CC6CC(CC(C6)C4)C5)cc3)cccc21. The van der Waals surface area contributed by atoms with Crippen molar-refractivity contribution in [2.45, 2.75) is 107 Å². The molecule has 4 aromatic carbocycles. The molecule has 0 unspecified atom stereocenters. The van der Waals surface area contributed by atoms with Crippen LogP contribution in [0.2, 0.25) is 0 Å². The van der Waals surface area contributed by atoms with Gasteiger partial charge in [0.2, 0.25) is 0 Å². The molecular formula is C47H51N. The Kier molecular flexibility index (Phi) is 5.88. The molecule has 1 heteroatoms. The van der Waals surface area contributed by atoms with Crippen LogP contribution in [-0.4, -0.2) is 0 Å². The molecule has 4 aromatic rings. The molecule has 0 radical (unpaired) electrons. The number of hydrogen-bond acceptors (Lipinski definition) is 1. The van der Waals surface area contributed by atoms with E-state index in [2.05, 4.69) is 110 Å². The van der Waals surface area contributed by atoms with Crippen molar-refractivity contribution in [3.8, 4) is 11.1 Å². The van der Waals surface area contributed by atoms with Gasteiger partial charge in [0, 0.05) is 22.4 Å². The van der Waals surface area contributed by atoms with Gasteiger partial charge >= 0.3 is 0 Å². The molecule has 9 aliphatic carbocycles. The van der Waals surface area contributed by atoms with Crippen LogP contribution < -0.4 is 4.90 Å². The van der Waals surface area contributed by atoms with Crippen molar-refractivity contribution in [3.63, 3.8) is 0 Å². The Morgan fingerprint density at radius 2 is 0.875 bits per heavy atom. The normalized spacial score (nSPS) is 35.9. The van der Waals surface area contributed by atoms with Gasteiger partial charge in [-0.25, -0.2) is 0 Å². The van der Waals surface area contributed by atoms with Crippen LogP contribution in [0.15, 0.2) is 91.0 Å². The summed E-state index contributed by atoms with van der Waals surface area (Å²) in [5.41, 5.74) is 13.7. The summed E-state index contributed by atoms with van der Waals surface area (Å²) in [6.07, 6.45) is 17.5. The fraction of sp³-hybridized carbons (Fsp3) is 0.489. The molecule has 244 valence electrons. The molecule has 0 saturated heterocycles. The average molecular weight is 630 g/mol. The van der Waals surface area contributed by atoms with E-state index in [1.54, 1.807) is 11.1 Å². The van der Waals surface area contributed by atoms with E-state index in [9.17, 15) is 0 Å². The number of benzene rings is 4. The van der Waals surface area contributed by atoms with Gasteiger partial charge in [0.1, 0.15) is 0 Å². The van der Waals surface area contributed by atoms with Gasteiger partial charge in [-0.15, -0.1) is 0 Å². The van der Waals surface area contributed by atoms with Gasteiger partial charge in [-0.2, -0.15) is 0 Å². The minimum atomic E-state index is -0.0155. The molecule has 0 spiro atoms. The molecule has 8 fully saturated rings. The van der Waals surface area contributed by atoms with E-state index in [1.165, 1.54) is 116 Å². The third kappa shape index (κ3) is 4.03. The quantitative estimate of drug-likeness (QED) is 0.212. The Balaban J connectivity index is 1.03. The maximum absolute atomic E-state index is 2.60. The molecular weight excluding hydrogens is 579 g/mol. The Morgan fingerprint density at radius 1 is 0.458 bits per heavy atom. The van der Waals surface area contributed by atoms with Crippen molar-refractivity contribution in [1.29, 1.82) is 0 Å². The Bertz CT molecular complexity index is 1750. The van der Waals surface area contributed by atoms with Gasteiger partial charge in [-0.05, 0) is 182 Å². The first-order chi connectivity index (χ1) is 23.4. The molecule has 9 aliphatic rings. The summed E-state index contributed by atoms with van der Waals surface area (Å²) in [6, 6.07) is 36.3. The van der Waals surface area contributed by atoms with Gasteiger partial charge in [-0.3, -0.25) is 0 Å². The van der Waals surface area contributed by atoms with Crippen LogP contribution in [0.5, 0.6) is 0 Å². The highest BCUT2D eigenvalue weighted by Crippen LogP contribution is 2.62. The van der Waals surface area contributed by atoms with Crippen molar-refractivity contribution in [1.82, 2.24) is 0 Å². The van der Waals surface area contributed by atoms with Crippen LogP contribution in [-0.2, 0) is 16.2 Å². The Hall–Kier alpha value is -3.32. The zero-order valence-corrected chi connectivity index (χ0v) is 29.1. The predicted octanol–water partition coefficient (Wildman–Crippen LogP) is 12.4. The fourth-order valence-electron chi connectivity index (χ4n) is 14.2. The Labute approximate surface area is 288 Å². The third-order valence-electron chi connectivity index (χ3n) is 15.4. The molecule has 0 N–H and O–H groups in total. The van der Waals surface area contributed by atoms with Crippen LogP contribution in [0.1, 0.15) is 113 Å². The lowest BCUT2D eigenvalue weighted by atomic mass is 9.48. The molecule has 13 rings (SSSR count). The molecule has 8 bridgehead atoms. The second kappa shape index (κ2) is 9.89. The van der Waals surface area contributed by atoms with E-state index < -0.39 is 0 Å². The highest BCUT2D eigenvalue weighted by atomic mass is 15.1. The van der Waals surface area contributed by atoms with Gasteiger partial charge < -0.3 is 4.90 Å². The van der Waals surface area contributed by atoms with E-state index in [-0.39, 0.29) is 5.41 Å². The van der Waals surface area contributed by atoms with Crippen molar-refractivity contribution in [2.24, 2.45) is 35.5 Å². The van der Waals surface area contributed by atoms with E-state index in [4.69, 9.17) is 0 Å². The lowest BCUT2D eigenvalue weighted by Crippen LogP contribution is -2.48. The van der Waals surface area contributed by atoms with Crippen molar-refractivity contribution >= 4 is 17.1 Å². The van der Waals surface area contributed by atoms with Gasteiger partial charge in [0.15, 0.2) is 0 Å². The minimum Gasteiger partial charge on any atom is -0.310 e. The first-order valence-electron chi connectivity index (χ1n) is 19.6. The summed E-state index contributed by atoms with van der Waals surface area (Å²) in [5.74, 6) is 5.81. The Morgan fingerprint density at radius 3 is 1.33 bits per heavy atom. The highest BCUT2D eigenvalue weighted by molar-refractivity contribution is 5.94. The van der Waals surface area contributed by atoms with Crippen LogP contribution in [0, 0.1) is 35.5 Å². The largest absolute Gasteiger partial charge is 0.310 e. The van der Waals surface area contributed by atoms with Crippen LogP contribution >= 0.6 is 0 Å². The monoisotopic (exact) mass is 629 g/mol. The summed E-state index contributed by atoms with van der Waals surface area (Å²) >= 11 is 0. The van der Waals surface area contributed by atoms with Gasteiger partial charge in [-0.1, -0.05) is 74.5 Å². The first-order valence-corrected chi connectivity index (χ1v) is 19.6. The van der Waals surface area contributed by atoms with E-state index in [0.29, 0.717) is 10.8 Å². The summed E-state index contributed by atoms with van der Waals surface area (Å²) < 4.78 is 0. The average Bonchev–Trinajstić information content (AvgIpc) is 3.31. The zero-order chi connectivity index (χ0) is 31.8. The summed E-state index contributed by atoms with van der Waals surface area (Å²) in [6.45, 7) is 4.82. The van der Waals surface area contributed by atoms with Gasteiger partial charge in [0.05, 0.1) is 5.69 Å². The van der Waals surface area contributed by atoms with Gasteiger partial charge in [0.25, 0.3) is 0 Å². The predicted molar refractivity (Wildman–Crippen MR) is 198 cm³/mol. The summed E-state index contributed by atoms with van der Waals surface area (Å²) in [5, 5.41) is 0. The molecule has 8 saturated carbocycles. The number of hydrogen-bond donors (Lipinski definition) is 0. The molecule has 0 atom stereocenters. The second-order valence-electron chi connectivity index (χ2n) is 18.7. The van der Waals surface area contributed by atoms with Crippen molar-refractivity contribution in [2.75, 3.05) is 4.90 Å². The molecule has 0 heterocycles. The third-order valence-corrected chi connectivity index (χ3v) is 15.4. The van der Waals surface area contributed by atoms with Crippen LogP contribution in [0.25, 0.3) is 11.1 Å². The fourth-order valence-corrected chi connectivity index (χ4v) is 14.2. The smallest absolute Gasteiger partial charge is 0.0543 e. The van der Waals surface area contributed by atoms with E-state index in [1.807, 2.05) is 0 Å². The van der Waals surface area contributed by atoms with E-state index >= 15 is 0 Å². The van der Waals surface area contributed by atoms with Crippen molar-refractivity contribution < 1.29 is 0 Å². The topological polar surface area (TPSA) is 3.24 Å². The molecule has 0 amide bonds. The summed E-state index contributed by atoms with van der Waals surface area (Å²) in [4.78, 5) is 2.60.